The van der Waals surface area contributed by atoms with Crippen molar-refractivity contribution in [2.75, 3.05) is 42.9 Å². The van der Waals surface area contributed by atoms with Crippen molar-refractivity contribution in [3.63, 3.8) is 0 Å². The summed E-state index contributed by atoms with van der Waals surface area (Å²) in [5, 5.41) is 14.3. The number of hydrogen-bond donors (Lipinski definition) is 3. The predicted molar refractivity (Wildman–Crippen MR) is 178 cm³/mol. The molecule has 1 aliphatic heterocycles. The highest BCUT2D eigenvalue weighted by atomic mass is 32.2. The molecule has 6 rings (SSSR count). The molecule has 1 aliphatic rings. The van der Waals surface area contributed by atoms with Gasteiger partial charge in [0.15, 0.2) is 5.65 Å². The van der Waals surface area contributed by atoms with Gasteiger partial charge in [0, 0.05) is 48.4 Å². The second kappa shape index (κ2) is 13.6. The molecular formula is C32H34N8O6S. The van der Waals surface area contributed by atoms with Crippen LogP contribution in [-0.4, -0.2) is 77.2 Å². The second-order valence-corrected chi connectivity index (χ2v) is 13.3. The molecule has 2 aromatic carbocycles. The van der Waals surface area contributed by atoms with E-state index in [1.807, 2.05) is 13.0 Å². The van der Waals surface area contributed by atoms with E-state index in [4.69, 9.17) is 14.2 Å². The topological polar surface area (TPSA) is 171 Å². The minimum atomic E-state index is -2.92. The van der Waals surface area contributed by atoms with Gasteiger partial charge in [-0.2, -0.15) is 5.10 Å². The molecule has 0 bridgehead atoms. The van der Waals surface area contributed by atoms with Crippen molar-refractivity contribution in [1.82, 2.24) is 29.9 Å². The Morgan fingerprint density at radius 1 is 0.979 bits per heavy atom. The molecule has 4 heterocycles. The summed E-state index contributed by atoms with van der Waals surface area (Å²) in [5.41, 5.74) is 3.20. The van der Waals surface area contributed by atoms with Crippen LogP contribution in [0.25, 0.3) is 16.6 Å². The number of benzene rings is 2. The minimum Gasteiger partial charge on any atom is -0.494 e. The Hall–Kier alpha value is -5.28. The lowest BCUT2D eigenvalue weighted by atomic mass is 10.1. The molecular weight excluding hydrogens is 624 g/mol. The average Bonchev–Trinajstić information content (AvgIpc) is 3.53. The number of nitrogens with zero attached hydrogens (tertiary/aromatic N) is 5. The molecule has 1 saturated heterocycles. The lowest BCUT2D eigenvalue weighted by Gasteiger charge is -2.22. The molecule has 3 aromatic heterocycles. The van der Waals surface area contributed by atoms with Gasteiger partial charge >= 0.3 is 0 Å². The summed E-state index contributed by atoms with van der Waals surface area (Å²) in [6, 6.07) is 10.9. The van der Waals surface area contributed by atoms with Gasteiger partial charge in [-0.3, -0.25) is 4.79 Å². The lowest BCUT2D eigenvalue weighted by Crippen LogP contribution is -2.37. The van der Waals surface area contributed by atoms with Gasteiger partial charge in [0.1, 0.15) is 51.3 Å². The fourth-order valence-corrected chi connectivity index (χ4v) is 6.77. The van der Waals surface area contributed by atoms with Crippen molar-refractivity contribution in [1.29, 1.82) is 0 Å². The maximum Gasteiger partial charge on any atom is 0.248 e. The number of methoxy groups -OCH3 is 2. The number of hydrogen-bond acceptors (Lipinski definition) is 12. The van der Waals surface area contributed by atoms with Gasteiger partial charge in [-0.05, 0) is 43.5 Å². The van der Waals surface area contributed by atoms with Gasteiger partial charge in [-0.1, -0.05) is 6.08 Å². The van der Waals surface area contributed by atoms with Crippen LogP contribution in [0, 0.1) is 6.92 Å². The van der Waals surface area contributed by atoms with Crippen LogP contribution in [0.15, 0.2) is 67.4 Å². The summed E-state index contributed by atoms with van der Waals surface area (Å²) in [4.78, 5) is 25.9. The summed E-state index contributed by atoms with van der Waals surface area (Å²) in [6.07, 6.45) is 8.97. The lowest BCUT2D eigenvalue weighted by molar-refractivity contribution is -0.111. The number of carbonyl (C=O) groups excluding carboxylic acids is 1. The molecule has 0 unspecified atom stereocenters. The molecule has 244 valence electrons. The van der Waals surface area contributed by atoms with Gasteiger partial charge in [0.2, 0.25) is 5.91 Å². The highest BCUT2D eigenvalue weighted by Gasteiger charge is 2.22. The first kappa shape index (κ1) is 31.7. The Morgan fingerprint density at radius 2 is 1.77 bits per heavy atom. The summed E-state index contributed by atoms with van der Waals surface area (Å²) in [6.45, 7) is 2.37. The van der Waals surface area contributed by atoms with Crippen LogP contribution >= 0.6 is 0 Å². The number of anilines is 3. The van der Waals surface area contributed by atoms with E-state index in [-0.39, 0.29) is 23.5 Å². The number of sulfone groups is 1. The van der Waals surface area contributed by atoms with E-state index >= 15 is 0 Å². The highest BCUT2D eigenvalue weighted by Crippen LogP contribution is 2.38. The van der Waals surface area contributed by atoms with Gasteiger partial charge in [0.25, 0.3) is 0 Å². The third kappa shape index (κ3) is 7.42. The number of aryl methyl sites for hydroxylation is 1. The van der Waals surface area contributed by atoms with E-state index in [9.17, 15) is 13.2 Å². The number of amides is 1. The molecule has 1 fully saturated rings. The van der Waals surface area contributed by atoms with Crippen molar-refractivity contribution < 1.29 is 27.4 Å². The fourth-order valence-electron chi connectivity index (χ4n) is 5.28. The van der Waals surface area contributed by atoms with Gasteiger partial charge in [-0.15, -0.1) is 0 Å². The highest BCUT2D eigenvalue weighted by molar-refractivity contribution is 7.91. The first-order chi connectivity index (χ1) is 22.7. The number of ether oxygens (including phenoxy) is 3. The molecule has 14 nitrogen and oxygen atoms in total. The smallest absolute Gasteiger partial charge is 0.248 e. The minimum absolute atomic E-state index is 0.111. The Balaban J connectivity index is 1.18. The molecule has 5 aromatic rings. The van der Waals surface area contributed by atoms with Crippen LogP contribution in [0.5, 0.6) is 23.0 Å². The van der Waals surface area contributed by atoms with Crippen molar-refractivity contribution in [2.24, 2.45) is 0 Å². The van der Waals surface area contributed by atoms with Crippen molar-refractivity contribution in [3.05, 3.63) is 73.0 Å². The van der Waals surface area contributed by atoms with Gasteiger partial charge in [-0.25, -0.2) is 27.9 Å². The Morgan fingerprint density at radius 3 is 2.55 bits per heavy atom. The first-order valence-corrected chi connectivity index (χ1v) is 16.7. The van der Waals surface area contributed by atoms with Crippen LogP contribution in [0.2, 0.25) is 0 Å². The van der Waals surface area contributed by atoms with E-state index < -0.39 is 9.84 Å². The van der Waals surface area contributed by atoms with E-state index in [2.05, 4.69) is 36.0 Å². The molecule has 1 amide bonds. The molecule has 0 aliphatic carbocycles. The monoisotopic (exact) mass is 658 g/mol. The van der Waals surface area contributed by atoms with E-state index in [0.29, 0.717) is 76.1 Å². The average molecular weight is 659 g/mol. The zero-order chi connectivity index (χ0) is 33.0. The second-order valence-electron chi connectivity index (χ2n) is 11.0. The number of carbonyl (C=O) groups is 1. The number of fused-ring (bicyclic) bond motifs is 2. The fraction of sp³-hybridized carbons (Fsp3) is 0.281. The SMILES string of the molecule is COc1cc2ncnc(Nc3cc(C)c(Oc4ccn5ncnc5c4)cc3OC)c2cc1NC(=O)/C=C/CNC1CCS(=O)(=O)CC1. The Labute approximate surface area is 271 Å². The summed E-state index contributed by atoms with van der Waals surface area (Å²) in [5.74, 6) is 2.69. The number of rotatable bonds is 11. The molecule has 0 atom stereocenters. The number of aromatic nitrogens is 5. The normalized spacial score (nSPS) is 14.8. The Bertz CT molecular complexity index is 2070. The maximum absolute atomic E-state index is 12.8. The van der Waals surface area contributed by atoms with Crippen molar-refractivity contribution in [3.8, 4) is 23.0 Å². The summed E-state index contributed by atoms with van der Waals surface area (Å²) >= 11 is 0. The van der Waals surface area contributed by atoms with E-state index in [0.717, 1.165) is 5.56 Å². The van der Waals surface area contributed by atoms with Crippen molar-refractivity contribution >= 4 is 49.5 Å². The summed E-state index contributed by atoms with van der Waals surface area (Å²) in [7, 11) is 0.165. The zero-order valence-electron chi connectivity index (χ0n) is 26.1. The molecule has 3 N–H and O–H groups in total. The number of pyridine rings is 1. The molecule has 0 spiro atoms. The first-order valence-electron chi connectivity index (χ1n) is 14.9. The zero-order valence-corrected chi connectivity index (χ0v) is 26.9. The van der Waals surface area contributed by atoms with Crippen molar-refractivity contribution in [2.45, 2.75) is 25.8 Å². The number of nitrogens with one attached hydrogen (secondary N) is 3. The van der Waals surface area contributed by atoms with Crippen LogP contribution in [0.4, 0.5) is 17.2 Å². The quantitative estimate of drug-likeness (QED) is 0.173. The van der Waals surface area contributed by atoms with E-state index in [1.165, 1.54) is 25.8 Å². The Kier molecular flexibility index (Phi) is 9.17. The third-order valence-electron chi connectivity index (χ3n) is 7.79. The molecule has 15 heteroatoms. The molecule has 0 saturated carbocycles. The predicted octanol–water partition coefficient (Wildman–Crippen LogP) is 4.20. The standard InChI is InChI=1S/C32H34N8O6S/c1-20-13-25(29(45-3)17-27(20)46-22-6-10-40-30(14-22)35-19-37-40)39-32-23-15-26(28(44-2)16-24(23)34-18-36-32)38-31(41)5-4-9-33-21-7-11-47(42,43)12-8-21/h4-6,10,13-19,21,33H,7-9,11-12H2,1-3H3,(H,38,41)(H,34,36,39)/b5-4+. The van der Waals surface area contributed by atoms with E-state index in [1.54, 1.807) is 54.2 Å². The molecule has 0 radical (unpaired) electrons. The maximum atomic E-state index is 12.8. The van der Waals surface area contributed by atoms with Crippen LogP contribution < -0.4 is 30.2 Å². The molecule has 47 heavy (non-hydrogen) atoms. The summed E-state index contributed by atoms with van der Waals surface area (Å²) < 4.78 is 42.3. The van der Waals surface area contributed by atoms with Gasteiger partial charge in [0.05, 0.1) is 42.6 Å². The van der Waals surface area contributed by atoms with Gasteiger partial charge < -0.3 is 30.2 Å². The van der Waals surface area contributed by atoms with Crippen LogP contribution in [-0.2, 0) is 14.6 Å². The van der Waals surface area contributed by atoms with Crippen LogP contribution in [0.3, 0.4) is 0 Å². The van der Waals surface area contributed by atoms with Crippen LogP contribution in [0.1, 0.15) is 18.4 Å². The third-order valence-corrected chi connectivity index (χ3v) is 9.51. The largest absolute Gasteiger partial charge is 0.494 e.